The molecule has 5 heteroatoms. The zero-order valence-electron chi connectivity index (χ0n) is 11.1. The molecule has 0 saturated heterocycles. The Morgan fingerprint density at radius 2 is 2.10 bits per heavy atom. The fraction of sp³-hybridized carbons (Fsp3) is 0.200. The van der Waals surface area contributed by atoms with Crippen LogP contribution in [0.25, 0.3) is 6.08 Å². The molecule has 0 bridgehead atoms. The van der Waals surface area contributed by atoms with Crippen molar-refractivity contribution in [2.24, 2.45) is 0 Å². The van der Waals surface area contributed by atoms with Crippen LogP contribution in [0.3, 0.4) is 0 Å². The average molecular weight is 276 g/mol. The molecule has 2 rings (SSSR count). The van der Waals surface area contributed by atoms with Gasteiger partial charge in [-0.1, -0.05) is 18.2 Å². The summed E-state index contributed by atoms with van der Waals surface area (Å²) in [7, 11) is 0. The summed E-state index contributed by atoms with van der Waals surface area (Å²) >= 11 is 0. The standard InChI is InChI=1S/C15H13FO4/c1-3-19-15(18)13-9(2)20-12(14(13)17)8-10-6-4-5-7-11(10)16/h4-8H,3H2,1-2H3/b12-8-. The Hall–Kier alpha value is -2.43. The molecule has 0 amide bonds. The van der Waals surface area contributed by atoms with E-state index in [2.05, 4.69) is 0 Å². The zero-order valence-corrected chi connectivity index (χ0v) is 11.1. The number of halogens is 1. The highest BCUT2D eigenvalue weighted by Gasteiger charge is 2.34. The third kappa shape index (κ3) is 2.61. The van der Waals surface area contributed by atoms with Crippen molar-refractivity contribution in [1.29, 1.82) is 0 Å². The van der Waals surface area contributed by atoms with E-state index in [9.17, 15) is 14.0 Å². The molecule has 20 heavy (non-hydrogen) atoms. The van der Waals surface area contributed by atoms with Crippen molar-refractivity contribution in [2.45, 2.75) is 13.8 Å². The van der Waals surface area contributed by atoms with Crippen molar-refractivity contribution < 1.29 is 23.5 Å². The van der Waals surface area contributed by atoms with Gasteiger partial charge in [0.05, 0.1) is 6.61 Å². The van der Waals surface area contributed by atoms with Gasteiger partial charge in [-0.2, -0.15) is 0 Å². The van der Waals surface area contributed by atoms with E-state index in [0.717, 1.165) is 0 Å². The molecule has 1 aliphatic heterocycles. The number of rotatable bonds is 3. The van der Waals surface area contributed by atoms with Crippen molar-refractivity contribution in [3.05, 3.63) is 52.7 Å². The number of esters is 1. The summed E-state index contributed by atoms with van der Waals surface area (Å²) in [5.74, 6) is -1.72. The third-order valence-electron chi connectivity index (χ3n) is 2.74. The van der Waals surface area contributed by atoms with E-state index >= 15 is 0 Å². The molecule has 1 heterocycles. The van der Waals surface area contributed by atoms with Gasteiger partial charge in [0.15, 0.2) is 5.76 Å². The fourth-order valence-corrected chi connectivity index (χ4v) is 1.81. The van der Waals surface area contributed by atoms with Crippen LogP contribution in [0.1, 0.15) is 19.4 Å². The molecular weight excluding hydrogens is 263 g/mol. The number of hydrogen-bond acceptors (Lipinski definition) is 4. The van der Waals surface area contributed by atoms with Crippen molar-refractivity contribution in [1.82, 2.24) is 0 Å². The van der Waals surface area contributed by atoms with E-state index in [1.165, 1.54) is 25.1 Å². The molecule has 0 spiro atoms. The van der Waals surface area contributed by atoms with E-state index in [-0.39, 0.29) is 29.3 Å². The smallest absolute Gasteiger partial charge is 0.345 e. The van der Waals surface area contributed by atoms with Crippen molar-refractivity contribution in [3.8, 4) is 0 Å². The van der Waals surface area contributed by atoms with Gasteiger partial charge in [-0.15, -0.1) is 0 Å². The van der Waals surface area contributed by atoms with Crippen LogP contribution in [0.4, 0.5) is 4.39 Å². The Kier molecular flexibility index (Phi) is 3.98. The first-order valence-corrected chi connectivity index (χ1v) is 6.11. The van der Waals surface area contributed by atoms with Crippen LogP contribution < -0.4 is 0 Å². The Bertz CT molecular complexity index is 629. The van der Waals surface area contributed by atoms with Crippen LogP contribution >= 0.6 is 0 Å². The first-order valence-electron chi connectivity index (χ1n) is 6.11. The Balaban J connectivity index is 2.30. The molecule has 104 valence electrons. The normalized spacial score (nSPS) is 16.6. The van der Waals surface area contributed by atoms with Crippen LogP contribution in [0, 0.1) is 5.82 Å². The molecule has 1 aliphatic rings. The quantitative estimate of drug-likeness (QED) is 0.484. The molecule has 4 nitrogen and oxygen atoms in total. The molecule has 1 aromatic carbocycles. The number of Topliss-reactive ketones (excluding diaryl/α,β-unsaturated/α-hetero) is 1. The molecule has 1 aromatic rings. The summed E-state index contributed by atoms with van der Waals surface area (Å²) in [5, 5.41) is 0. The summed E-state index contributed by atoms with van der Waals surface area (Å²) in [4.78, 5) is 23.7. The summed E-state index contributed by atoms with van der Waals surface area (Å²) < 4.78 is 23.6. The molecule has 0 atom stereocenters. The third-order valence-corrected chi connectivity index (χ3v) is 2.74. The second-order valence-corrected chi connectivity index (χ2v) is 4.11. The van der Waals surface area contributed by atoms with Crippen LogP contribution in [0.2, 0.25) is 0 Å². The van der Waals surface area contributed by atoms with E-state index in [0.29, 0.717) is 0 Å². The monoisotopic (exact) mass is 276 g/mol. The van der Waals surface area contributed by atoms with Gasteiger partial charge in [0.2, 0.25) is 5.78 Å². The van der Waals surface area contributed by atoms with Gasteiger partial charge in [0.25, 0.3) is 0 Å². The predicted molar refractivity (Wildman–Crippen MR) is 69.8 cm³/mol. The van der Waals surface area contributed by atoms with Gasteiger partial charge in [0.1, 0.15) is 17.1 Å². The van der Waals surface area contributed by atoms with E-state index in [1.54, 1.807) is 19.1 Å². The van der Waals surface area contributed by atoms with Gasteiger partial charge in [0, 0.05) is 5.56 Å². The highest BCUT2D eigenvalue weighted by molar-refractivity contribution is 6.26. The van der Waals surface area contributed by atoms with Crippen molar-refractivity contribution in [2.75, 3.05) is 6.61 Å². The summed E-state index contributed by atoms with van der Waals surface area (Å²) in [5.41, 5.74) is 0.0724. The maximum absolute atomic E-state index is 13.5. The Morgan fingerprint density at radius 3 is 2.75 bits per heavy atom. The number of carbonyl (C=O) groups is 2. The van der Waals surface area contributed by atoms with E-state index in [1.807, 2.05) is 0 Å². The second-order valence-electron chi connectivity index (χ2n) is 4.11. The van der Waals surface area contributed by atoms with Crippen LogP contribution in [0.15, 0.2) is 41.4 Å². The Labute approximate surface area is 115 Å². The van der Waals surface area contributed by atoms with Gasteiger partial charge < -0.3 is 9.47 Å². The molecule has 0 aromatic heterocycles. The van der Waals surface area contributed by atoms with Crippen LogP contribution in [-0.2, 0) is 19.1 Å². The highest BCUT2D eigenvalue weighted by atomic mass is 19.1. The van der Waals surface area contributed by atoms with E-state index < -0.39 is 17.6 Å². The number of ether oxygens (including phenoxy) is 2. The van der Waals surface area contributed by atoms with E-state index in [4.69, 9.17) is 9.47 Å². The summed E-state index contributed by atoms with van der Waals surface area (Å²) in [6, 6.07) is 5.97. The lowest BCUT2D eigenvalue weighted by Gasteiger charge is -2.00. The number of carbonyl (C=O) groups excluding carboxylic acids is 2. The number of ketones is 1. The van der Waals surface area contributed by atoms with Crippen molar-refractivity contribution in [3.63, 3.8) is 0 Å². The predicted octanol–water partition coefficient (Wildman–Crippen LogP) is 2.60. The minimum atomic E-state index is -0.730. The van der Waals surface area contributed by atoms with Gasteiger partial charge >= 0.3 is 5.97 Å². The number of benzene rings is 1. The minimum Gasteiger partial charge on any atom is -0.462 e. The second kappa shape index (κ2) is 5.69. The first-order chi connectivity index (χ1) is 9.54. The van der Waals surface area contributed by atoms with Crippen molar-refractivity contribution >= 4 is 17.8 Å². The van der Waals surface area contributed by atoms with Gasteiger partial charge in [-0.25, -0.2) is 9.18 Å². The summed E-state index contributed by atoms with van der Waals surface area (Å²) in [6.45, 7) is 3.30. The van der Waals surface area contributed by atoms with Gasteiger partial charge in [-0.05, 0) is 26.0 Å². The molecule has 0 aliphatic carbocycles. The zero-order chi connectivity index (χ0) is 14.7. The fourth-order valence-electron chi connectivity index (χ4n) is 1.81. The maximum Gasteiger partial charge on any atom is 0.345 e. The Morgan fingerprint density at radius 1 is 1.40 bits per heavy atom. The molecule has 0 radical (unpaired) electrons. The van der Waals surface area contributed by atoms with Gasteiger partial charge in [-0.3, -0.25) is 4.79 Å². The number of hydrogen-bond donors (Lipinski definition) is 0. The first kappa shape index (κ1) is 14.0. The average Bonchev–Trinajstić information content (AvgIpc) is 2.67. The molecule has 0 fully saturated rings. The minimum absolute atomic E-state index is 0.0874. The molecule has 0 unspecified atom stereocenters. The lowest BCUT2D eigenvalue weighted by Crippen LogP contribution is -2.14. The highest BCUT2D eigenvalue weighted by Crippen LogP contribution is 2.27. The maximum atomic E-state index is 13.5. The lowest BCUT2D eigenvalue weighted by atomic mass is 10.1. The number of allylic oxidation sites excluding steroid dienone is 2. The summed E-state index contributed by atoms with van der Waals surface area (Å²) in [6.07, 6.45) is 1.27. The SMILES string of the molecule is CCOC(=O)C1=C(C)O/C(=C\c2ccccc2F)C1=O. The molecular formula is C15H13FO4. The largest absolute Gasteiger partial charge is 0.462 e. The topological polar surface area (TPSA) is 52.6 Å². The van der Waals surface area contributed by atoms with Crippen LogP contribution in [0.5, 0.6) is 0 Å². The van der Waals surface area contributed by atoms with Crippen LogP contribution in [-0.4, -0.2) is 18.4 Å². The molecule has 0 N–H and O–H groups in total. The molecule has 0 saturated carbocycles. The lowest BCUT2D eigenvalue weighted by molar-refractivity contribution is -0.139.